The topological polar surface area (TPSA) is 59.0 Å². The average Bonchev–Trinajstić information content (AvgIpc) is 2.93. The molecule has 8 heteroatoms. The summed E-state index contributed by atoms with van der Waals surface area (Å²) in [5.41, 5.74) is 4.11. The summed E-state index contributed by atoms with van der Waals surface area (Å²) in [6, 6.07) is 10.4. The first-order valence-electron chi connectivity index (χ1n) is 8.67. The number of nitrogens with one attached hydrogen (secondary N) is 2. The maximum absolute atomic E-state index is 13.5. The molecule has 1 amide bonds. The smallest absolute Gasteiger partial charge is 0.224 e. The van der Waals surface area contributed by atoms with E-state index < -0.39 is 0 Å². The van der Waals surface area contributed by atoms with Gasteiger partial charge in [-0.05, 0) is 50.7 Å². The van der Waals surface area contributed by atoms with Crippen molar-refractivity contribution in [2.45, 2.75) is 19.8 Å². The number of nitrogens with zero attached hydrogens (tertiary/aromatic N) is 2. The van der Waals surface area contributed by atoms with Gasteiger partial charge in [-0.25, -0.2) is 9.37 Å². The van der Waals surface area contributed by atoms with Gasteiger partial charge in [-0.3, -0.25) is 4.79 Å². The Hall–Kier alpha value is -2.15. The molecule has 0 spiro atoms. The van der Waals surface area contributed by atoms with E-state index in [1.165, 1.54) is 12.1 Å². The van der Waals surface area contributed by atoms with Crippen LogP contribution in [0.1, 0.15) is 18.4 Å². The van der Waals surface area contributed by atoms with Crippen LogP contribution in [0.3, 0.4) is 0 Å². The number of aryl methyl sites for hydroxylation is 2. The molecule has 0 unspecified atom stereocenters. The van der Waals surface area contributed by atoms with Gasteiger partial charge in [0.15, 0.2) is 0 Å². The van der Waals surface area contributed by atoms with Crippen LogP contribution in [0.25, 0.3) is 22.4 Å². The molecule has 0 atom stereocenters. The van der Waals surface area contributed by atoms with E-state index in [1.54, 1.807) is 6.07 Å². The van der Waals surface area contributed by atoms with Crippen molar-refractivity contribution in [3.05, 3.63) is 47.8 Å². The summed E-state index contributed by atoms with van der Waals surface area (Å²) in [5.74, 6) is 0.421. The van der Waals surface area contributed by atoms with Crippen molar-refractivity contribution in [1.82, 2.24) is 14.9 Å². The summed E-state index contributed by atoms with van der Waals surface area (Å²) in [6.07, 6.45) is 1.26. The third kappa shape index (κ3) is 5.22. The Bertz CT molecular complexity index is 959. The largest absolute Gasteiger partial charge is 0.327 e. The fourth-order valence-corrected chi connectivity index (χ4v) is 2.97. The number of hydrogen-bond acceptors (Lipinski definition) is 3. The van der Waals surface area contributed by atoms with Gasteiger partial charge in [0.05, 0.1) is 11.0 Å². The monoisotopic (exact) mass is 426 g/mol. The second-order valence-electron chi connectivity index (χ2n) is 6.41. The molecule has 0 radical (unpaired) electrons. The van der Waals surface area contributed by atoms with E-state index in [1.807, 2.05) is 43.8 Å². The fourth-order valence-electron chi connectivity index (χ4n) is 2.97. The zero-order valence-corrected chi connectivity index (χ0v) is 17.7. The lowest BCUT2D eigenvalue weighted by molar-refractivity contribution is -0.116. The van der Waals surface area contributed by atoms with Crippen LogP contribution in [0, 0.1) is 12.7 Å². The molecular formula is C20H25Cl2FN4O. The summed E-state index contributed by atoms with van der Waals surface area (Å²) in [6.45, 7) is 2.76. The molecule has 2 N–H and O–H groups in total. The maximum Gasteiger partial charge on any atom is 0.224 e. The zero-order chi connectivity index (χ0) is 18.7. The molecule has 3 aromatic rings. The highest BCUT2D eigenvalue weighted by Gasteiger charge is 2.13. The van der Waals surface area contributed by atoms with Crippen LogP contribution < -0.4 is 10.6 Å². The molecule has 1 aromatic heterocycles. The highest BCUT2D eigenvalue weighted by molar-refractivity contribution is 5.92. The lowest BCUT2D eigenvalue weighted by Gasteiger charge is -2.11. The van der Waals surface area contributed by atoms with Crippen LogP contribution in [-0.2, 0) is 11.8 Å². The third-order valence-corrected chi connectivity index (χ3v) is 4.44. The van der Waals surface area contributed by atoms with E-state index in [0.29, 0.717) is 11.9 Å². The first-order valence-corrected chi connectivity index (χ1v) is 8.67. The number of carbonyl (C=O) groups is 1. The first kappa shape index (κ1) is 23.9. The van der Waals surface area contributed by atoms with Crippen molar-refractivity contribution in [3.8, 4) is 11.4 Å². The summed E-state index contributed by atoms with van der Waals surface area (Å²) in [7, 11) is 3.77. The number of benzene rings is 2. The summed E-state index contributed by atoms with van der Waals surface area (Å²) >= 11 is 0. The SMILES string of the molecule is CNCCCC(=O)Nc1cc(-c2nc3cc(F)ccc3n2C)ccc1C.Cl.Cl. The number of anilines is 1. The van der Waals surface area contributed by atoms with Crippen molar-refractivity contribution in [2.24, 2.45) is 7.05 Å². The molecule has 0 saturated carbocycles. The minimum Gasteiger partial charge on any atom is -0.327 e. The van der Waals surface area contributed by atoms with E-state index in [2.05, 4.69) is 15.6 Å². The Labute approximate surface area is 176 Å². The Morgan fingerprint density at radius 2 is 1.93 bits per heavy atom. The van der Waals surface area contributed by atoms with Crippen LogP contribution in [0.15, 0.2) is 36.4 Å². The molecule has 0 aliphatic rings. The summed E-state index contributed by atoms with van der Waals surface area (Å²) in [5, 5.41) is 6.01. The van der Waals surface area contributed by atoms with Gasteiger partial charge in [-0.15, -0.1) is 24.8 Å². The minimum atomic E-state index is -0.305. The molecule has 3 rings (SSSR count). The predicted octanol–water partition coefficient (Wildman–Crippen LogP) is 4.47. The summed E-state index contributed by atoms with van der Waals surface area (Å²) in [4.78, 5) is 16.7. The van der Waals surface area contributed by atoms with Crippen LogP contribution in [0.2, 0.25) is 0 Å². The molecule has 5 nitrogen and oxygen atoms in total. The number of fused-ring (bicyclic) bond motifs is 1. The summed E-state index contributed by atoms with van der Waals surface area (Å²) < 4.78 is 15.4. The van der Waals surface area contributed by atoms with E-state index in [0.717, 1.165) is 41.1 Å². The standard InChI is InChI=1S/C20H23FN4O.2ClH/c1-13-6-7-14(11-16(13)23-19(26)5-4-10-22-2)20-24-17-12-15(21)8-9-18(17)25(20)3;;/h6-9,11-12,22H,4-5,10H2,1-3H3,(H,23,26);2*1H. The Morgan fingerprint density at radius 3 is 2.64 bits per heavy atom. The number of carbonyl (C=O) groups excluding carboxylic acids is 1. The Balaban J connectivity index is 0.00000196. The van der Waals surface area contributed by atoms with Crippen molar-refractivity contribution >= 4 is 47.4 Å². The van der Waals surface area contributed by atoms with E-state index in [-0.39, 0.29) is 36.5 Å². The highest BCUT2D eigenvalue weighted by atomic mass is 35.5. The lowest BCUT2D eigenvalue weighted by Crippen LogP contribution is -2.15. The van der Waals surface area contributed by atoms with Crippen LogP contribution in [0.5, 0.6) is 0 Å². The second kappa shape index (κ2) is 10.4. The van der Waals surface area contributed by atoms with Gasteiger partial charge in [0, 0.05) is 30.8 Å². The second-order valence-corrected chi connectivity index (χ2v) is 6.41. The van der Waals surface area contributed by atoms with Gasteiger partial charge < -0.3 is 15.2 Å². The number of rotatable bonds is 6. The average molecular weight is 427 g/mol. The van der Waals surface area contributed by atoms with Crippen LogP contribution in [0.4, 0.5) is 10.1 Å². The molecular weight excluding hydrogens is 402 g/mol. The molecule has 2 aromatic carbocycles. The van der Waals surface area contributed by atoms with E-state index in [9.17, 15) is 9.18 Å². The van der Waals surface area contributed by atoms with Gasteiger partial charge in [0.2, 0.25) is 5.91 Å². The third-order valence-electron chi connectivity index (χ3n) is 4.44. The minimum absolute atomic E-state index is 0. The predicted molar refractivity (Wildman–Crippen MR) is 117 cm³/mol. The molecule has 0 bridgehead atoms. The Morgan fingerprint density at radius 1 is 1.18 bits per heavy atom. The van der Waals surface area contributed by atoms with Gasteiger partial charge in [-0.1, -0.05) is 12.1 Å². The molecule has 1 heterocycles. The molecule has 152 valence electrons. The van der Waals surface area contributed by atoms with Gasteiger partial charge in [0.1, 0.15) is 11.6 Å². The van der Waals surface area contributed by atoms with E-state index in [4.69, 9.17) is 0 Å². The van der Waals surface area contributed by atoms with Crippen molar-refractivity contribution < 1.29 is 9.18 Å². The quantitative estimate of drug-likeness (QED) is 0.571. The van der Waals surface area contributed by atoms with Crippen LogP contribution >= 0.6 is 24.8 Å². The number of amides is 1. The van der Waals surface area contributed by atoms with Gasteiger partial charge in [0.25, 0.3) is 0 Å². The number of aromatic nitrogens is 2. The van der Waals surface area contributed by atoms with Gasteiger partial charge in [-0.2, -0.15) is 0 Å². The number of imidazole rings is 1. The van der Waals surface area contributed by atoms with Gasteiger partial charge >= 0.3 is 0 Å². The zero-order valence-electron chi connectivity index (χ0n) is 16.1. The normalized spacial score (nSPS) is 10.3. The highest BCUT2D eigenvalue weighted by Crippen LogP contribution is 2.28. The van der Waals surface area contributed by atoms with E-state index >= 15 is 0 Å². The van der Waals surface area contributed by atoms with Crippen molar-refractivity contribution in [2.75, 3.05) is 18.9 Å². The molecule has 0 fully saturated rings. The number of halogens is 3. The molecule has 0 saturated heterocycles. The fraction of sp³-hybridized carbons (Fsp3) is 0.300. The lowest BCUT2D eigenvalue weighted by atomic mass is 10.1. The van der Waals surface area contributed by atoms with Crippen molar-refractivity contribution in [1.29, 1.82) is 0 Å². The first-order chi connectivity index (χ1) is 12.5. The molecule has 0 aliphatic heterocycles. The molecule has 0 aliphatic carbocycles. The molecule has 28 heavy (non-hydrogen) atoms. The van der Waals surface area contributed by atoms with Crippen LogP contribution in [-0.4, -0.2) is 29.1 Å². The Kier molecular flexibility index (Phi) is 8.88. The number of hydrogen-bond donors (Lipinski definition) is 2. The maximum atomic E-state index is 13.5. The van der Waals surface area contributed by atoms with Crippen molar-refractivity contribution in [3.63, 3.8) is 0 Å².